The van der Waals surface area contributed by atoms with Gasteiger partial charge in [0, 0.05) is 37.6 Å². The molecule has 0 spiro atoms. The minimum Gasteiger partial charge on any atom is -0.368 e. The Hall–Kier alpha value is -2.49. The molecule has 2 aromatic rings. The third-order valence-electron chi connectivity index (χ3n) is 5.18. The third kappa shape index (κ3) is 3.95. The van der Waals surface area contributed by atoms with E-state index in [9.17, 15) is 4.79 Å². The van der Waals surface area contributed by atoms with Crippen molar-refractivity contribution in [1.29, 1.82) is 0 Å². The van der Waals surface area contributed by atoms with Gasteiger partial charge in [0.05, 0.1) is 0 Å². The minimum atomic E-state index is -0.0111. The van der Waals surface area contributed by atoms with Crippen molar-refractivity contribution >= 4 is 17.4 Å². The van der Waals surface area contributed by atoms with Crippen molar-refractivity contribution in [2.24, 2.45) is 0 Å². The Morgan fingerprint density at radius 2 is 1.40 bits per heavy atom. The lowest BCUT2D eigenvalue weighted by molar-refractivity contribution is 0.208. The molecule has 0 aliphatic carbocycles. The predicted molar refractivity (Wildman–Crippen MR) is 105 cm³/mol. The Balaban J connectivity index is 1.58. The normalized spacial score (nSPS) is 14.6. The monoisotopic (exact) mass is 337 g/mol. The maximum absolute atomic E-state index is 12.5. The molecule has 0 radical (unpaired) electrons. The molecule has 1 aliphatic heterocycles. The largest absolute Gasteiger partial charge is 0.368 e. The smallest absolute Gasteiger partial charge is 0.321 e. The number of hydrogen-bond donors (Lipinski definition) is 1. The molecular formula is C21H27N3O. The molecule has 1 fully saturated rings. The number of hydrogen-bond acceptors (Lipinski definition) is 2. The Bertz CT molecular complexity index is 777. The molecule has 4 nitrogen and oxygen atoms in total. The van der Waals surface area contributed by atoms with E-state index in [-0.39, 0.29) is 6.03 Å². The zero-order valence-corrected chi connectivity index (χ0v) is 15.6. The van der Waals surface area contributed by atoms with Crippen LogP contribution in [0, 0.1) is 27.7 Å². The first-order valence-electron chi connectivity index (χ1n) is 8.89. The van der Waals surface area contributed by atoms with Crippen LogP contribution in [-0.4, -0.2) is 37.1 Å². The molecule has 0 aromatic heterocycles. The maximum Gasteiger partial charge on any atom is 0.321 e. The summed E-state index contributed by atoms with van der Waals surface area (Å²) < 4.78 is 0. The molecule has 1 saturated heterocycles. The summed E-state index contributed by atoms with van der Waals surface area (Å²) in [4.78, 5) is 16.8. The summed E-state index contributed by atoms with van der Waals surface area (Å²) in [6, 6.07) is 12.6. The molecule has 4 heteroatoms. The number of nitrogens with zero attached hydrogens (tertiary/aromatic N) is 2. The molecule has 0 bridgehead atoms. The van der Waals surface area contributed by atoms with Crippen molar-refractivity contribution in [2.75, 3.05) is 36.4 Å². The highest BCUT2D eigenvalue weighted by Crippen LogP contribution is 2.21. The Morgan fingerprint density at radius 1 is 0.800 bits per heavy atom. The predicted octanol–water partition coefficient (Wildman–Crippen LogP) is 4.27. The van der Waals surface area contributed by atoms with Gasteiger partial charge in [0.1, 0.15) is 0 Å². The highest BCUT2D eigenvalue weighted by Gasteiger charge is 2.21. The SMILES string of the molecule is Cc1ccc(NC(=O)N2CCN(c3ccc(C)c(C)c3)CC2)cc1C. The van der Waals surface area contributed by atoms with E-state index in [1.807, 2.05) is 23.1 Å². The molecule has 3 rings (SSSR count). The van der Waals surface area contributed by atoms with Gasteiger partial charge in [0.25, 0.3) is 0 Å². The molecule has 1 aliphatic rings. The molecule has 2 amide bonds. The molecule has 1 N–H and O–H groups in total. The zero-order chi connectivity index (χ0) is 18.0. The summed E-state index contributed by atoms with van der Waals surface area (Å²) in [5, 5.41) is 3.02. The van der Waals surface area contributed by atoms with Crippen LogP contribution in [0.5, 0.6) is 0 Å². The van der Waals surface area contributed by atoms with E-state index in [0.29, 0.717) is 0 Å². The number of carbonyl (C=O) groups excluding carboxylic acids is 1. The number of carbonyl (C=O) groups is 1. The third-order valence-corrected chi connectivity index (χ3v) is 5.18. The number of urea groups is 1. The number of amides is 2. The first kappa shape index (κ1) is 17.3. The molecule has 0 unspecified atom stereocenters. The molecular weight excluding hydrogens is 310 g/mol. The quantitative estimate of drug-likeness (QED) is 0.888. The molecule has 0 saturated carbocycles. The van der Waals surface area contributed by atoms with Gasteiger partial charge in [-0.3, -0.25) is 0 Å². The second-order valence-electron chi connectivity index (χ2n) is 6.97. The first-order valence-corrected chi connectivity index (χ1v) is 8.89. The van der Waals surface area contributed by atoms with Crippen molar-refractivity contribution in [1.82, 2.24) is 4.90 Å². The van der Waals surface area contributed by atoms with Gasteiger partial charge in [-0.1, -0.05) is 12.1 Å². The average Bonchev–Trinajstić information content (AvgIpc) is 2.61. The van der Waals surface area contributed by atoms with Gasteiger partial charge in [-0.15, -0.1) is 0 Å². The van der Waals surface area contributed by atoms with Crippen molar-refractivity contribution in [3.05, 3.63) is 58.7 Å². The minimum absolute atomic E-state index is 0.0111. The number of piperazine rings is 1. The Morgan fingerprint density at radius 3 is 2.00 bits per heavy atom. The lowest BCUT2D eigenvalue weighted by Gasteiger charge is -2.36. The first-order chi connectivity index (χ1) is 11.9. The van der Waals surface area contributed by atoms with Crippen LogP contribution in [0.3, 0.4) is 0 Å². The molecule has 0 atom stereocenters. The summed E-state index contributed by atoms with van der Waals surface area (Å²) in [6.07, 6.45) is 0. The summed E-state index contributed by atoms with van der Waals surface area (Å²) in [6.45, 7) is 11.6. The van der Waals surface area contributed by atoms with Gasteiger partial charge in [-0.05, 0) is 74.2 Å². The van der Waals surface area contributed by atoms with Crippen molar-refractivity contribution < 1.29 is 4.79 Å². The second kappa shape index (κ2) is 7.18. The fraction of sp³-hybridized carbons (Fsp3) is 0.381. The number of rotatable bonds is 2. The van der Waals surface area contributed by atoms with Crippen LogP contribution in [0.1, 0.15) is 22.3 Å². The highest BCUT2D eigenvalue weighted by atomic mass is 16.2. The van der Waals surface area contributed by atoms with Gasteiger partial charge in [0.15, 0.2) is 0 Å². The summed E-state index contributed by atoms with van der Waals surface area (Å²) in [5.41, 5.74) is 7.17. The van der Waals surface area contributed by atoms with Gasteiger partial charge in [-0.25, -0.2) is 4.79 Å². The Labute approximate surface area is 150 Å². The fourth-order valence-electron chi connectivity index (χ4n) is 3.11. The summed E-state index contributed by atoms with van der Waals surface area (Å²) in [7, 11) is 0. The van der Waals surface area contributed by atoms with Gasteiger partial charge in [-0.2, -0.15) is 0 Å². The van der Waals surface area contributed by atoms with Crippen LogP contribution in [0.2, 0.25) is 0 Å². The van der Waals surface area contributed by atoms with E-state index in [1.54, 1.807) is 0 Å². The number of aryl methyl sites for hydroxylation is 4. The van der Waals surface area contributed by atoms with Gasteiger partial charge in [0.2, 0.25) is 0 Å². The average molecular weight is 337 g/mol. The van der Waals surface area contributed by atoms with Crippen molar-refractivity contribution in [3.8, 4) is 0 Å². The zero-order valence-electron chi connectivity index (χ0n) is 15.6. The lowest BCUT2D eigenvalue weighted by Crippen LogP contribution is -2.50. The van der Waals surface area contributed by atoms with Crippen LogP contribution in [0.15, 0.2) is 36.4 Å². The highest BCUT2D eigenvalue weighted by molar-refractivity contribution is 5.89. The number of nitrogens with one attached hydrogen (secondary N) is 1. The van der Waals surface area contributed by atoms with E-state index in [1.165, 1.54) is 27.9 Å². The summed E-state index contributed by atoms with van der Waals surface area (Å²) in [5.74, 6) is 0. The van der Waals surface area contributed by atoms with E-state index in [0.717, 1.165) is 31.9 Å². The van der Waals surface area contributed by atoms with E-state index in [4.69, 9.17) is 0 Å². The van der Waals surface area contributed by atoms with E-state index < -0.39 is 0 Å². The lowest BCUT2D eigenvalue weighted by atomic mass is 10.1. The van der Waals surface area contributed by atoms with Crippen LogP contribution in [0.25, 0.3) is 0 Å². The van der Waals surface area contributed by atoms with E-state index in [2.05, 4.69) is 56.1 Å². The Kier molecular flexibility index (Phi) is 4.98. The molecule has 2 aromatic carbocycles. The molecule has 132 valence electrons. The standard InChI is InChI=1S/C21H27N3O/c1-15-5-7-19(13-17(15)3)22-21(25)24-11-9-23(10-12-24)20-8-6-16(2)18(4)14-20/h5-8,13-14H,9-12H2,1-4H3,(H,22,25). The number of anilines is 2. The van der Waals surface area contributed by atoms with E-state index >= 15 is 0 Å². The maximum atomic E-state index is 12.5. The fourth-order valence-corrected chi connectivity index (χ4v) is 3.11. The van der Waals surface area contributed by atoms with Crippen molar-refractivity contribution in [2.45, 2.75) is 27.7 Å². The number of benzene rings is 2. The van der Waals surface area contributed by atoms with Gasteiger partial charge < -0.3 is 15.1 Å². The van der Waals surface area contributed by atoms with Crippen LogP contribution < -0.4 is 10.2 Å². The van der Waals surface area contributed by atoms with Gasteiger partial charge >= 0.3 is 6.03 Å². The van der Waals surface area contributed by atoms with Crippen LogP contribution in [-0.2, 0) is 0 Å². The van der Waals surface area contributed by atoms with Crippen LogP contribution >= 0.6 is 0 Å². The topological polar surface area (TPSA) is 35.6 Å². The second-order valence-corrected chi connectivity index (χ2v) is 6.97. The van der Waals surface area contributed by atoms with Crippen molar-refractivity contribution in [3.63, 3.8) is 0 Å². The van der Waals surface area contributed by atoms with Crippen LogP contribution in [0.4, 0.5) is 16.2 Å². The summed E-state index contributed by atoms with van der Waals surface area (Å²) >= 11 is 0. The molecule has 25 heavy (non-hydrogen) atoms. The molecule has 1 heterocycles.